The van der Waals surface area contributed by atoms with Crippen LogP contribution < -0.4 is 10.6 Å². The zero-order valence-corrected chi connectivity index (χ0v) is 22.3. The number of ether oxygens (including phenoxy) is 3. The first-order valence-corrected chi connectivity index (χ1v) is 12.4. The number of esters is 1. The van der Waals surface area contributed by atoms with E-state index < -0.39 is 23.3 Å². The normalized spacial score (nSPS) is 24.7. The van der Waals surface area contributed by atoms with Crippen LogP contribution in [0.25, 0.3) is 0 Å². The van der Waals surface area contributed by atoms with Gasteiger partial charge in [0.25, 0.3) is 0 Å². The SMILES string of the molecule is CC(C)(C)OC(=O)NC1CCC(C(=O)O)CC1.COC(=O)C1CCC(NC(=O)OC(C)(C)C)CC1. The van der Waals surface area contributed by atoms with Gasteiger partial charge in [-0.25, -0.2) is 9.59 Å². The molecule has 2 rings (SSSR count). The van der Waals surface area contributed by atoms with Crippen LogP contribution >= 0.6 is 0 Å². The minimum atomic E-state index is -0.735. The molecule has 0 aromatic heterocycles. The van der Waals surface area contributed by atoms with Gasteiger partial charge in [0, 0.05) is 12.1 Å². The molecule has 0 bridgehead atoms. The largest absolute Gasteiger partial charge is 0.481 e. The molecule has 10 heteroatoms. The Bertz CT molecular complexity index is 710. The Labute approximate surface area is 208 Å². The van der Waals surface area contributed by atoms with Crippen molar-refractivity contribution in [3.63, 3.8) is 0 Å². The monoisotopic (exact) mass is 500 g/mol. The van der Waals surface area contributed by atoms with Crippen LogP contribution in [0.1, 0.15) is 92.9 Å². The molecule has 0 aromatic rings. The van der Waals surface area contributed by atoms with Crippen molar-refractivity contribution in [2.24, 2.45) is 11.8 Å². The highest BCUT2D eigenvalue weighted by molar-refractivity contribution is 5.72. The molecule has 0 aliphatic heterocycles. The van der Waals surface area contributed by atoms with Gasteiger partial charge in [0.15, 0.2) is 0 Å². The zero-order valence-electron chi connectivity index (χ0n) is 22.3. The van der Waals surface area contributed by atoms with Crippen LogP contribution in [0.4, 0.5) is 9.59 Å². The van der Waals surface area contributed by atoms with Gasteiger partial charge in [0.05, 0.1) is 18.9 Å². The Morgan fingerprint density at radius 2 is 1.00 bits per heavy atom. The summed E-state index contributed by atoms with van der Waals surface area (Å²) in [6.45, 7) is 10.9. The summed E-state index contributed by atoms with van der Waals surface area (Å²) < 4.78 is 15.1. The second-order valence-corrected chi connectivity index (χ2v) is 11.3. The molecule has 0 unspecified atom stereocenters. The number of alkyl carbamates (subject to hydrolysis) is 2. The molecule has 0 radical (unpaired) electrons. The lowest BCUT2D eigenvalue weighted by molar-refractivity contribution is -0.146. The van der Waals surface area contributed by atoms with Crippen molar-refractivity contribution in [3.05, 3.63) is 0 Å². The van der Waals surface area contributed by atoms with Gasteiger partial charge in [-0.3, -0.25) is 9.59 Å². The zero-order chi connectivity index (χ0) is 26.8. The summed E-state index contributed by atoms with van der Waals surface area (Å²) in [6, 6.07) is 0.140. The van der Waals surface area contributed by atoms with Crippen LogP contribution in [0.5, 0.6) is 0 Å². The fourth-order valence-electron chi connectivity index (χ4n) is 4.07. The quantitative estimate of drug-likeness (QED) is 0.381. The topological polar surface area (TPSA) is 140 Å². The maximum Gasteiger partial charge on any atom is 0.407 e. The molecule has 2 amide bonds. The number of carboxylic acid groups (broad SMARTS) is 1. The summed E-state index contributed by atoms with van der Waals surface area (Å²) in [5.74, 6) is -1.16. The summed E-state index contributed by atoms with van der Waals surface area (Å²) in [5, 5.41) is 14.5. The van der Waals surface area contributed by atoms with E-state index in [9.17, 15) is 19.2 Å². The van der Waals surface area contributed by atoms with E-state index in [0.29, 0.717) is 25.7 Å². The summed E-state index contributed by atoms with van der Waals surface area (Å²) in [7, 11) is 1.41. The van der Waals surface area contributed by atoms with E-state index in [-0.39, 0.29) is 36.0 Å². The predicted molar refractivity (Wildman–Crippen MR) is 130 cm³/mol. The smallest absolute Gasteiger partial charge is 0.407 e. The van der Waals surface area contributed by atoms with Gasteiger partial charge in [-0.15, -0.1) is 0 Å². The second-order valence-electron chi connectivity index (χ2n) is 11.3. The fourth-order valence-corrected chi connectivity index (χ4v) is 4.07. The van der Waals surface area contributed by atoms with Gasteiger partial charge in [-0.2, -0.15) is 0 Å². The van der Waals surface area contributed by atoms with Gasteiger partial charge in [0.2, 0.25) is 0 Å². The molecule has 0 saturated heterocycles. The minimum Gasteiger partial charge on any atom is -0.481 e. The van der Waals surface area contributed by atoms with Crippen molar-refractivity contribution in [2.45, 2.75) is 116 Å². The van der Waals surface area contributed by atoms with Crippen molar-refractivity contribution in [1.29, 1.82) is 0 Å². The number of amides is 2. The molecule has 2 aliphatic carbocycles. The first kappa shape index (κ1) is 30.5. The number of carboxylic acids is 1. The molecule has 0 heterocycles. The van der Waals surface area contributed by atoms with E-state index in [4.69, 9.17) is 19.3 Å². The lowest BCUT2D eigenvalue weighted by atomic mass is 9.86. The maximum atomic E-state index is 11.6. The van der Waals surface area contributed by atoms with E-state index in [1.54, 1.807) is 0 Å². The number of aliphatic carboxylic acids is 1. The average molecular weight is 501 g/mol. The lowest BCUT2D eigenvalue weighted by Crippen LogP contribution is -2.41. The fraction of sp³-hybridized carbons (Fsp3) is 0.840. The third-order valence-electron chi connectivity index (χ3n) is 5.78. The van der Waals surface area contributed by atoms with E-state index in [1.165, 1.54) is 7.11 Å². The van der Waals surface area contributed by atoms with Crippen molar-refractivity contribution >= 4 is 24.1 Å². The molecular formula is C25H44N2O8. The second kappa shape index (κ2) is 13.5. The Morgan fingerprint density at radius 1 is 0.657 bits per heavy atom. The van der Waals surface area contributed by atoms with Crippen molar-refractivity contribution in [2.75, 3.05) is 7.11 Å². The number of methoxy groups -OCH3 is 1. The van der Waals surface area contributed by atoms with E-state index in [1.807, 2.05) is 41.5 Å². The van der Waals surface area contributed by atoms with Gasteiger partial charge in [-0.1, -0.05) is 0 Å². The Balaban J connectivity index is 0.000000351. The van der Waals surface area contributed by atoms with Crippen LogP contribution in [0.15, 0.2) is 0 Å². The third-order valence-corrected chi connectivity index (χ3v) is 5.78. The number of carbonyl (C=O) groups is 4. The first-order chi connectivity index (χ1) is 16.1. The Morgan fingerprint density at radius 3 is 1.29 bits per heavy atom. The highest BCUT2D eigenvalue weighted by atomic mass is 16.6. The van der Waals surface area contributed by atoms with Gasteiger partial charge < -0.3 is 30.0 Å². The van der Waals surface area contributed by atoms with Gasteiger partial charge >= 0.3 is 24.1 Å². The van der Waals surface area contributed by atoms with Crippen molar-refractivity contribution in [3.8, 4) is 0 Å². The number of nitrogens with one attached hydrogen (secondary N) is 2. The van der Waals surface area contributed by atoms with Crippen LogP contribution in [0, 0.1) is 11.8 Å². The number of hydrogen-bond donors (Lipinski definition) is 3. The van der Waals surface area contributed by atoms with Crippen molar-refractivity contribution < 1.29 is 38.5 Å². The van der Waals surface area contributed by atoms with E-state index in [2.05, 4.69) is 10.6 Å². The molecule has 202 valence electrons. The van der Waals surface area contributed by atoms with Crippen LogP contribution in [-0.2, 0) is 23.8 Å². The number of rotatable bonds is 4. The van der Waals surface area contributed by atoms with E-state index >= 15 is 0 Å². The van der Waals surface area contributed by atoms with Gasteiger partial charge in [0.1, 0.15) is 11.2 Å². The summed E-state index contributed by atoms with van der Waals surface area (Å²) in [5.41, 5.74) is -0.977. The van der Waals surface area contributed by atoms with Gasteiger partial charge in [-0.05, 0) is 92.9 Å². The molecule has 2 fully saturated rings. The maximum absolute atomic E-state index is 11.6. The average Bonchev–Trinajstić information content (AvgIpc) is 2.71. The Hall–Kier alpha value is -2.52. The van der Waals surface area contributed by atoms with Crippen LogP contribution in [0.3, 0.4) is 0 Å². The lowest BCUT2D eigenvalue weighted by Gasteiger charge is -2.28. The standard InChI is InChI=1S/C13H23NO4.C12H21NO4/c1-13(2,3)18-12(16)14-10-7-5-9(6-8-10)11(15)17-4;1-12(2,3)17-11(16)13-9-6-4-8(5-7-9)10(14)15/h9-10H,5-8H2,1-4H3,(H,14,16);8-9H,4-7H2,1-3H3,(H,13,16)(H,14,15). The molecule has 0 spiro atoms. The molecule has 10 nitrogen and oxygen atoms in total. The van der Waals surface area contributed by atoms with Crippen molar-refractivity contribution in [1.82, 2.24) is 10.6 Å². The summed E-state index contributed by atoms with van der Waals surface area (Å²) in [4.78, 5) is 45.2. The number of hydrogen-bond acceptors (Lipinski definition) is 7. The molecule has 0 atom stereocenters. The van der Waals surface area contributed by atoms with Crippen LogP contribution in [0.2, 0.25) is 0 Å². The highest BCUT2D eigenvalue weighted by Crippen LogP contribution is 2.26. The molecule has 2 saturated carbocycles. The third kappa shape index (κ3) is 13.2. The molecule has 2 aliphatic rings. The molecule has 35 heavy (non-hydrogen) atoms. The summed E-state index contributed by atoms with van der Waals surface area (Å²) >= 11 is 0. The van der Waals surface area contributed by atoms with Crippen LogP contribution in [-0.4, -0.2) is 59.6 Å². The molecule has 0 aromatic carbocycles. The predicted octanol–water partition coefficient (Wildman–Crippen LogP) is 4.40. The summed E-state index contributed by atoms with van der Waals surface area (Å²) in [6.07, 6.45) is 4.94. The number of carbonyl (C=O) groups excluding carboxylic acids is 3. The first-order valence-electron chi connectivity index (χ1n) is 12.4. The molecule has 3 N–H and O–H groups in total. The minimum absolute atomic E-state index is 0.0216. The molecular weight excluding hydrogens is 456 g/mol. The van der Waals surface area contributed by atoms with E-state index in [0.717, 1.165) is 25.7 Å². The Kier molecular flexibility index (Phi) is 11.8. The highest BCUT2D eigenvalue weighted by Gasteiger charge is 2.29.